The minimum absolute atomic E-state index is 0.102. The standard InChI is InChI=1S/C16H21FN2O3/c1-4-16(22,5-2)10-19-13(20)15(3,18-14(19)21)11-8-6-7-9-12(11)17/h6-9,22H,4-5,10H2,1-3H3,(H,18,21). The number of amides is 3. The zero-order valence-electron chi connectivity index (χ0n) is 13.0. The highest BCUT2D eigenvalue weighted by Crippen LogP contribution is 2.32. The van der Waals surface area contributed by atoms with Crippen molar-refractivity contribution in [2.75, 3.05) is 6.54 Å². The normalized spacial score (nSPS) is 22.1. The first kappa shape index (κ1) is 16.4. The average molecular weight is 308 g/mol. The molecule has 1 aromatic rings. The molecule has 0 aromatic heterocycles. The molecule has 1 unspecified atom stereocenters. The minimum atomic E-state index is -1.45. The molecular formula is C16H21FN2O3. The molecule has 5 nitrogen and oxygen atoms in total. The summed E-state index contributed by atoms with van der Waals surface area (Å²) in [5, 5.41) is 12.9. The highest BCUT2D eigenvalue weighted by atomic mass is 19.1. The van der Waals surface area contributed by atoms with Gasteiger partial charge in [0.2, 0.25) is 0 Å². The Labute approximate surface area is 129 Å². The van der Waals surface area contributed by atoms with Gasteiger partial charge in [0.05, 0.1) is 12.1 Å². The molecule has 2 N–H and O–H groups in total. The van der Waals surface area contributed by atoms with Crippen molar-refractivity contribution in [2.24, 2.45) is 0 Å². The maximum atomic E-state index is 14.0. The van der Waals surface area contributed by atoms with Gasteiger partial charge in [0, 0.05) is 5.56 Å². The van der Waals surface area contributed by atoms with Gasteiger partial charge in [-0.2, -0.15) is 0 Å². The summed E-state index contributed by atoms with van der Waals surface area (Å²) >= 11 is 0. The highest BCUT2D eigenvalue weighted by molar-refractivity contribution is 6.07. The van der Waals surface area contributed by atoms with E-state index in [0.29, 0.717) is 12.8 Å². The van der Waals surface area contributed by atoms with E-state index in [4.69, 9.17) is 0 Å². The molecule has 1 heterocycles. The SMILES string of the molecule is CCC(O)(CC)CN1C(=O)NC(C)(c2ccccc2F)C1=O. The molecule has 1 saturated heterocycles. The van der Waals surface area contributed by atoms with Gasteiger partial charge in [-0.15, -0.1) is 0 Å². The van der Waals surface area contributed by atoms with Crippen LogP contribution in [0, 0.1) is 5.82 Å². The third kappa shape index (κ3) is 2.59. The smallest absolute Gasteiger partial charge is 0.325 e. The van der Waals surface area contributed by atoms with Crippen LogP contribution in [0.1, 0.15) is 39.2 Å². The van der Waals surface area contributed by atoms with Crippen molar-refractivity contribution >= 4 is 11.9 Å². The van der Waals surface area contributed by atoms with Crippen LogP contribution in [0.2, 0.25) is 0 Å². The number of aliphatic hydroxyl groups is 1. The number of carbonyl (C=O) groups excluding carboxylic acids is 2. The molecule has 1 atom stereocenters. The third-order valence-electron chi connectivity index (χ3n) is 4.46. The van der Waals surface area contributed by atoms with Crippen LogP contribution in [0.4, 0.5) is 9.18 Å². The summed E-state index contributed by atoms with van der Waals surface area (Å²) in [6.45, 7) is 4.95. The molecule has 1 aromatic carbocycles. The van der Waals surface area contributed by atoms with Crippen LogP contribution in [0.5, 0.6) is 0 Å². The Balaban J connectivity index is 2.35. The summed E-state index contributed by atoms with van der Waals surface area (Å²) in [5.41, 5.74) is -2.47. The molecule has 6 heteroatoms. The van der Waals surface area contributed by atoms with Gasteiger partial charge in [-0.25, -0.2) is 9.18 Å². The Hall–Kier alpha value is -1.95. The summed E-state index contributed by atoms with van der Waals surface area (Å²) in [4.78, 5) is 25.8. The van der Waals surface area contributed by atoms with E-state index in [-0.39, 0.29) is 12.1 Å². The van der Waals surface area contributed by atoms with E-state index < -0.39 is 28.9 Å². The molecule has 0 saturated carbocycles. The molecule has 0 spiro atoms. The lowest BCUT2D eigenvalue weighted by atomic mass is 9.90. The second kappa shape index (κ2) is 5.68. The van der Waals surface area contributed by atoms with E-state index in [2.05, 4.69) is 5.32 Å². The third-order valence-corrected chi connectivity index (χ3v) is 4.46. The van der Waals surface area contributed by atoms with E-state index in [1.54, 1.807) is 19.9 Å². The van der Waals surface area contributed by atoms with Crippen molar-refractivity contribution < 1.29 is 19.1 Å². The number of β-amino-alcohol motifs (C(OH)–C–C–N with tert-alkyl or cyclic N) is 1. The zero-order chi connectivity index (χ0) is 16.5. The first-order valence-electron chi connectivity index (χ1n) is 7.39. The van der Waals surface area contributed by atoms with Crippen LogP contribution in [-0.2, 0) is 10.3 Å². The molecular weight excluding hydrogens is 287 g/mol. The van der Waals surface area contributed by atoms with Crippen molar-refractivity contribution in [3.05, 3.63) is 35.6 Å². The van der Waals surface area contributed by atoms with E-state index >= 15 is 0 Å². The summed E-state index contributed by atoms with van der Waals surface area (Å²) < 4.78 is 14.0. The van der Waals surface area contributed by atoms with Crippen molar-refractivity contribution in [3.63, 3.8) is 0 Å². The summed E-state index contributed by atoms with van der Waals surface area (Å²) in [7, 11) is 0. The van der Waals surface area contributed by atoms with Crippen molar-refractivity contribution in [1.82, 2.24) is 10.2 Å². The summed E-state index contributed by atoms with van der Waals surface area (Å²) in [5.74, 6) is -1.11. The number of imide groups is 1. The lowest BCUT2D eigenvalue weighted by molar-refractivity contribution is -0.133. The molecule has 3 amide bonds. The van der Waals surface area contributed by atoms with Crippen LogP contribution < -0.4 is 5.32 Å². The molecule has 0 radical (unpaired) electrons. The fourth-order valence-corrected chi connectivity index (χ4v) is 2.66. The number of nitrogens with one attached hydrogen (secondary N) is 1. The Morgan fingerprint density at radius 3 is 2.41 bits per heavy atom. The molecule has 1 fully saturated rings. The Morgan fingerprint density at radius 1 is 1.27 bits per heavy atom. The largest absolute Gasteiger partial charge is 0.388 e. The molecule has 2 rings (SSSR count). The number of hydrogen-bond acceptors (Lipinski definition) is 3. The van der Waals surface area contributed by atoms with Crippen LogP contribution in [0.3, 0.4) is 0 Å². The monoisotopic (exact) mass is 308 g/mol. The van der Waals surface area contributed by atoms with E-state index in [1.807, 2.05) is 0 Å². The number of hydrogen-bond donors (Lipinski definition) is 2. The van der Waals surface area contributed by atoms with Crippen LogP contribution in [-0.4, -0.2) is 34.1 Å². The maximum Gasteiger partial charge on any atom is 0.325 e. The predicted molar refractivity (Wildman–Crippen MR) is 79.5 cm³/mol. The molecule has 22 heavy (non-hydrogen) atoms. The van der Waals surface area contributed by atoms with Gasteiger partial charge in [-0.3, -0.25) is 9.69 Å². The lowest BCUT2D eigenvalue weighted by Crippen LogP contribution is -2.46. The number of urea groups is 1. The second-order valence-electron chi connectivity index (χ2n) is 5.86. The van der Waals surface area contributed by atoms with Gasteiger partial charge in [0.1, 0.15) is 11.4 Å². The minimum Gasteiger partial charge on any atom is -0.388 e. The van der Waals surface area contributed by atoms with Crippen LogP contribution in [0.15, 0.2) is 24.3 Å². The number of halogens is 1. The Bertz CT molecular complexity index is 601. The number of benzene rings is 1. The molecule has 0 bridgehead atoms. The fourth-order valence-electron chi connectivity index (χ4n) is 2.66. The van der Waals surface area contributed by atoms with Gasteiger partial charge in [-0.1, -0.05) is 32.0 Å². The van der Waals surface area contributed by atoms with Crippen LogP contribution in [0.25, 0.3) is 0 Å². The average Bonchev–Trinajstić information content (AvgIpc) is 2.71. The summed E-state index contributed by atoms with van der Waals surface area (Å²) in [6, 6.07) is 5.24. The lowest BCUT2D eigenvalue weighted by Gasteiger charge is -2.29. The van der Waals surface area contributed by atoms with Crippen molar-refractivity contribution in [3.8, 4) is 0 Å². The number of carbonyl (C=O) groups is 2. The zero-order valence-corrected chi connectivity index (χ0v) is 13.0. The number of nitrogens with zero attached hydrogens (tertiary/aromatic N) is 1. The topological polar surface area (TPSA) is 69.6 Å². The predicted octanol–water partition coefficient (Wildman–Crippen LogP) is 2.14. The Kier molecular flexibility index (Phi) is 4.24. The van der Waals surface area contributed by atoms with Gasteiger partial charge in [0.15, 0.2) is 0 Å². The fraction of sp³-hybridized carbons (Fsp3) is 0.500. The van der Waals surface area contributed by atoms with E-state index in [1.165, 1.54) is 25.1 Å². The van der Waals surface area contributed by atoms with Crippen molar-refractivity contribution in [2.45, 2.75) is 44.8 Å². The first-order chi connectivity index (χ1) is 10.3. The quantitative estimate of drug-likeness (QED) is 0.819. The van der Waals surface area contributed by atoms with Crippen LogP contribution >= 0.6 is 0 Å². The van der Waals surface area contributed by atoms with Gasteiger partial charge < -0.3 is 10.4 Å². The van der Waals surface area contributed by atoms with E-state index in [9.17, 15) is 19.1 Å². The van der Waals surface area contributed by atoms with Gasteiger partial charge >= 0.3 is 6.03 Å². The number of rotatable bonds is 5. The maximum absolute atomic E-state index is 14.0. The highest BCUT2D eigenvalue weighted by Gasteiger charge is 2.51. The molecule has 1 aliphatic heterocycles. The molecule has 120 valence electrons. The van der Waals surface area contributed by atoms with E-state index in [0.717, 1.165) is 4.90 Å². The second-order valence-corrected chi connectivity index (χ2v) is 5.86. The van der Waals surface area contributed by atoms with Gasteiger partial charge in [0.25, 0.3) is 5.91 Å². The van der Waals surface area contributed by atoms with Crippen molar-refractivity contribution in [1.29, 1.82) is 0 Å². The molecule has 1 aliphatic rings. The Morgan fingerprint density at radius 2 is 1.86 bits per heavy atom. The summed E-state index contributed by atoms with van der Waals surface area (Å²) in [6.07, 6.45) is 0.827. The first-order valence-corrected chi connectivity index (χ1v) is 7.39. The van der Waals surface area contributed by atoms with Gasteiger partial charge in [-0.05, 0) is 25.8 Å². The molecule has 0 aliphatic carbocycles.